The van der Waals surface area contributed by atoms with E-state index in [0.717, 1.165) is 32.7 Å². The number of hydrogen-bond acceptors (Lipinski definition) is 5. The molecule has 5 nitrogen and oxygen atoms in total. The number of carbonyl (C=O) groups excluding carboxylic acids is 1. The summed E-state index contributed by atoms with van der Waals surface area (Å²) in [7, 11) is 1.46. The van der Waals surface area contributed by atoms with Crippen LogP contribution in [0.2, 0.25) is 0 Å². The van der Waals surface area contributed by atoms with Crippen molar-refractivity contribution in [2.45, 2.75) is 63.6 Å². The summed E-state index contributed by atoms with van der Waals surface area (Å²) < 4.78 is 10.9. The van der Waals surface area contributed by atoms with Crippen molar-refractivity contribution in [2.75, 3.05) is 33.4 Å². The van der Waals surface area contributed by atoms with Gasteiger partial charge in [0.1, 0.15) is 5.54 Å². The van der Waals surface area contributed by atoms with Gasteiger partial charge in [0.25, 0.3) is 0 Å². The Labute approximate surface area is 128 Å². The van der Waals surface area contributed by atoms with E-state index in [-0.39, 0.29) is 5.97 Å². The molecule has 122 valence electrons. The maximum absolute atomic E-state index is 12.1. The standard InChI is InChI=1S/C16H30N2O3/c1-4-17-16(2,15(19)20-3)9-10-18-11-12-21-14-8-6-5-7-13(14)18/h13-14,17H,4-12H2,1-3H3. The van der Waals surface area contributed by atoms with Crippen LogP contribution >= 0.6 is 0 Å². The highest BCUT2D eigenvalue weighted by Gasteiger charge is 2.37. The highest BCUT2D eigenvalue weighted by molar-refractivity contribution is 5.80. The van der Waals surface area contributed by atoms with E-state index in [0.29, 0.717) is 12.1 Å². The van der Waals surface area contributed by atoms with E-state index >= 15 is 0 Å². The number of fused-ring (bicyclic) bond motifs is 1. The summed E-state index contributed by atoms with van der Waals surface area (Å²) in [6.07, 6.45) is 6.16. The molecule has 0 aromatic carbocycles. The minimum atomic E-state index is -0.591. The van der Waals surface area contributed by atoms with E-state index in [1.807, 2.05) is 13.8 Å². The highest BCUT2D eigenvalue weighted by atomic mass is 16.5. The van der Waals surface area contributed by atoms with Gasteiger partial charge in [0.05, 0.1) is 19.8 Å². The predicted octanol–water partition coefficient (Wildman–Crippen LogP) is 1.56. The molecule has 1 aliphatic carbocycles. The zero-order valence-electron chi connectivity index (χ0n) is 13.7. The molecule has 2 rings (SSSR count). The zero-order valence-corrected chi connectivity index (χ0v) is 13.7. The van der Waals surface area contributed by atoms with Crippen molar-refractivity contribution in [3.63, 3.8) is 0 Å². The van der Waals surface area contributed by atoms with E-state index in [1.165, 1.54) is 32.8 Å². The third kappa shape index (κ3) is 3.96. The van der Waals surface area contributed by atoms with Gasteiger partial charge in [0.15, 0.2) is 0 Å². The maximum Gasteiger partial charge on any atom is 0.325 e. The molecule has 2 fully saturated rings. The molecule has 1 saturated heterocycles. The van der Waals surface area contributed by atoms with Crippen LogP contribution in [0.3, 0.4) is 0 Å². The Kier molecular flexibility index (Phi) is 6.02. The van der Waals surface area contributed by atoms with Crippen LogP contribution in [0.1, 0.15) is 46.0 Å². The molecule has 0 radical (unpaired) electrons. The topological polar surface area (TPSA) is 50.8 Å². The molecule has 0 aromatic rings. The summed E-state index contributed by atoms with van der Waals surface area (Å²) >= 11 is 0. The molecule has 0 amide bonds. The summed E-state index contributed by atoms with van der Waals surface area (Å²) in [6.45, 7) is 7.44. The molecule has 1 N–H and O–H groups in total. The highest BCUT2D eigenvalue weighted by Crippen LogP contribution is 2.29. The first-order valence-corrected chi connectivity index (χ1v) is 8.30. The van der Waals surface area contributed by atoms with Gasteiger partial charge in [-0.15, -0.1) is 0 Å². The Bertz CT molecular complexity index is 348. The number of hydrogen-bond donors (Lipinski definition) is 1. The number of morpholine rings is 1. The molecule has 0 bridgehead atoms. The summed E-state index contributed by atoms with van der Waals surface area (Å²) in [4.78, 5) is 14.6. The average Bonchev–Trinajstić information content (AvgIpc) is 2.52. The van der Waals surface area contributed by atoms with Crippen molar-refractivity contribution in [3.8, 4) is 0 Å². The molecule has 3 unspecified atom stereocenters. The molecular formula is C16H30N2O3. The molecule has 0 aromatic heterocycles. The molecule has 5 heteroatoms. The lowest BCUT2D eigenvalue weighted by Gasteiger charge is -2.44. The van der Waals surface area contributed by atoms with Gasteiger partial charge in [0.2, 0.25) is 0 Å². The van der Waals surface area contributed by atoms with Crippen LogP contribution in [0.25, 0.3) is 0 Å². The van der Waals surface area contributed by atoms with Crippen molar-refractivity contribution in [3.05, 3.63) is 0 Å². The number of likely N-dealkylation sites (N-methyl/N-ethyl adjacent to an activating group) is 1. The summed E-state index contributed by atoms with van der Waals surface area (Å²) in [5.41, 5.74) is -0.591. The van der Waals surface area contributed by atoms with Crippen molar-refractivity contribution >= 4 is 5.97 Å². The summed E-state index contributed by atoms with van der Waals surface area (Å²) in [6, 6.07) is 0.538. The van der Waals surface area contributed by atoms with Gasteiger partial charge in [-0.2, -0.15) is 0 Å². The van der Waals surface area contributed by atoms with E-state index in [1.54, 1.807) is 0 Å². The first-order valence-electron chi connectivity index (χ1n) is 8.30. The van der Waals surface area contributed by atoms with Gasteiger partial charge in [-0.1, -0.05) is 19.8 Å². The van der Waals surface area contributed by atoms with E-state index < -0.39 is 5.54 Å². The SMILES string of the molecule is CCNC(C)(CCN1CCOC2CCCCC21)C(=O)OC. The number of esters is 1. The van der Waals surface area contributed by atoms with Crippen LogP contribution in [0.4, 0.5) is 0 Å². The minimum absolute atomic E-state index is 0.169. The van der Waals surface area contributed by atoms with Crippen LogP contribution in [0.5, 0.6) is 0 Å². The molecule has 0 spiro atoms. The fourth-order valence-corrected chi connectivity index (χ4v) is 3.70. The Balaban J connectivity index is 1.94. The quantitative estimate of drug-likeness (QED) is 0.754. The smallest absolute Gasteiger partial charge is 0.325 e. The molecule has 2 aliphatic rings. The van der Waals surface area contributed by atoms with E-state index in [2.05, 4.69) is 10.2 Å². The van der Waals surface area contributed by atoms with Crippen LogP contribution in [-0.2, 0) is 14.3 Å². The van der Waals surface area contributed by atoms with Crippen LogP contribution in [0, 0.1) is 0 Å². The number of methoxy groups -OCH3 is 1. The maximum atomic E-state index is 12.1. The normalized spacial score (nSPS) is 29.5. The van der Waals surface area contributed by atoms with E-state index in [9.17, 15) is 4.79 Å². The van der Waals surface area contributed by atoms with Gasteiger partial charge in [-0.3, -0.25) is 9.69 Å². The Hall–Kier alpha value is -0.650. The lowest BCUT2D eigenvalue weighted by Crippen LogP contribution is -2.56. The number of rotatable bonds is 6. The van der Waals surface area contributed by atoms with Crippen LogP contribution in [-0.4, -0.2) is 61.9 Å². The lowest BCUT2D eigenvalue weighted by atomic mass is 9.89. The second kappa shape index (κ2) is 7.56. The number of nitrogens with zero attached hydrogens (tertiary/aromatic N) is 1. The predicted molar refractivity (Wildman–Crippen MR) is 82.3 cm³/mol. The van der Waals surface area contributed by atoms with Crippen molar-refractivity contribution in [2.24, 2.45) is 0 Å². The lowest BCUT2D eigenvalue weighted by molar-refractivity contribution is -0.149. The Morgan fingerprint density at radius 2 is 2.19 bits per heavy atom. The fraction of sp³-hybridized carbons (Fsp3) is 0.938. The zero-order chi connectivity index (χ0) is 15.3. The van der Waals surface area contributed by atoms with Gasteiger partial charge in [0, 0.05) is 19.1 Å². The fourth-order valence-electron chi connectivity index (χ4n) is 3.70. The van der Waals surface area contributed by atoms with Crippen LogP contribution < -0.4 is 5.32 Å². The molecule has 1 saturated carbocycles. The largest absolute Gasteiger partial charge is 0.468 e. The number of carbonyl (C=O) groups is 1. The third-order valence-electron chi connectivity index (χ3n) is 4.95. The Morgan fingerprint density at radius 3 is 2.90 bits per heavy atom. The number of nitrogens with one attached hydrogen (secondary N) is 1. The van der Waals surface area contributed by atoms with E-state index in [4.69, 9.17) is 9.47 Å². The van der Waals surface area contributed by atoms with Crippen LogP contribution in [0.15, 0.2) is 0 Å². The molecule has 21 heavy (non-hydrogen) atoms. The molecular weight excluding hydrogens is 268 g/mol. The third-order valence-corrected chi connectivity index (χ3v) is 4.95. The summed E-state index contributed by atoms with van der Waals surface area (Å²) in [5.74, 6) is -0.169. The second-order valence-corrected chi connectivity index (χ2v) is 6.40. The molecule has 3 atom stereocenters. The van der Waals surface area contributed by atoms with Gasteiger partial charge < -0.3 is 14.8 Å². The second-order valence-electron chi connectivity index (χ2n) is 6.40. The van der Waals surface area contributed by atoms with Gasteiger partial charge in [-0.05, 0) is 32.7 Å². The first kappa shape index (κ1) is 16.7. The molecule has 1 heterocycles. The minimum Gasteiger partial charge on any atom is -0.468 e. The van der Waals surface area contributed by atoms with Crippen molar-refractivity contribution in [1.29, 1.82) is 0 Å². The average molecular weight is 298 g/mol. The monoisotopic (exact) mass is 298 g/mol. The Morgan fingerprint density at radius 1 is 1.43 bits per heavy atom. The van der Waals surface area contributed by atoms with Gasteiger partial charge >= 0.3 is 5.97 Å². The first-order chi connectivity index (χ1) is 10.1. The molecule has 1 aliphatic heterocycles. The number of ether oxygens (including phenoxy) is 2. The summed E-state index contributed by atoms with van der Waals surface area (Å²) in [5, 5.41) is 3.29. The van der Waals surface area contributed by atoms with Crippen molar-refractivity contribution in [1.82, 2.24) is 10.2 Å². The van der Waals surface area contributed by atoms with Gasteiger partial charge in [-0.25, -0.2) is 0 Å². The van der Waals surface area contributed by atoms with Crippen molar-refractivity contribution < 1.29 is 14.3 Å².